The second-order valence-electron chi connectivity index (χ2n) is 6.09. The molecule has 2 aromatic carbocycles. The first-order valence-corrected chi connectivity index (χ1v) is 9.90. The molecule has 2 aromatic heterocycles. The highest BCUT2D eigenvalue weighted by Crippen LogP contribution is 2.31. The van der Waals surface area contributed by atoms with Gasteiger partial charge in [0, 0.05) is 33.9 Å². The highest BCUT2D eigenvalue weighted by molar-refractivity contribution is 7.98. The maximum atomic E-state index is 11.9. The summed E-state index contributed by atoms with van der Waals surface area (Å²) in [7, 11) is 0. The van der Waals surface area contributed by atoms with Gasteiger partial charge in [-0.1, -0.05) is 30.3 Å². The first kappa shape index (κ1) is 18.6. The van der Waals surface area contributed by atoms with Crippen LogP contribution in [0.2, 0.25) is 5.02 Å². The van der Waals surface area contributed by atoms with E-state index in [4.69, 9.17) is 20.4 Å². The average molecular weight is 415 g/mol. The zero-order valence-corrected chi connectivity index (χ0v) is 16.4. The standard InChI is InChI=1S/C20H15ClN2O4S/c1-2-11-7-15-13(8-18(25)26-17(15)9-16(11)24)10-28-20-23-22-19(27-20)12-3-5-14(21)6-4-12/h3-9,24H,2,10H2,1H3. The fourth-order valence-corrected chi connectivity index (χ4v) is 3.71. The summed E-state index contributed by atoms with van der Waals surface area (Å²) >= 11 is 7.22. The lowest BCUT2D eigenvalue weighted by atomic mass is 10.1. The molecule has 8 heteroatoms. The number of fused-ring (bicyclic) bond motifs is 1. The van der Waals surface area contributed by atoms with E-state index in [1.807, 2.05) is 13.0 Å². The first-order chi connectivity index (χ1) is 13.5. The molecule has 1 N–H and O–H groups in total. The number of aryl methyl sites for hydroxylation is 1. The quantitative estimate of drug-likeness (QED) is 0.360. The fourth-order valence-electron chi connectivity index (χ4n) is 2.83. The van der Waals surface area contributed by atoms with Crippen molar-refractivity contribution in [1.29, 1.82) is 0 Å². The lowest BCUT2D eigenvalue weighted by Gasteiger charge is -2.07. The van der Waals surface area contributed by atoms with Crippen LogP contribution in [0.5, 0.6) is 5.75 Å². The highest BCUT2D eigenvalue weighted by Gasteiger charge is 2.13. The number of nitrogens with zero attached hydrogens (tertiary/aromatic N) is 2. The van der Waals surface area contributed by atoms with Crippen molar-refractivity contribution >= 4 is 34.3 Å². The van der Waals surface area contributed by atoms with Gasteiger partial charge in [-0.3, -0.25) is 0 Å². The third-order valence-electron chi connectivity index (χ3n) is 4.26. The molecule has 0 radical (unpaired) electrons. The van der Waals surface area contributed by atoms with Crippen LogP contribution in [0.25, 0.3) is 22.4 Å². The van der Waals surface area contributed by atoms with E-state index in [1.54, 1.807) is 24.3 Å². The lowest BCUT2D eigenvalue weighted by molar-refractivity contribution is 0.465. The van der Waals surface area contributed by atoms with Gasteiger partial charge in [0.15, 0.2) is 0 Å². The van der Waals surface area contributed by atoms with Gasteiger partial charge in [-0.25, -0.2) is 4.79 Å². The zero-order valence-electron chi connectivity index (χ0n) is 14.8. The van der Waals surface area contributed by atoms with Crippen LogP contribution in [-0.4, -0.2) is 15.3 Å². The maximum Gasteiger partial charge on any atom is 0.336 e. The third kappa shape index (κ3) is 3.76. The van der Waals surface area contributed by atoms with Crippen LogP contribution in [-0.2, 0) is 12.2 Å². The molecule has 0 aliphatic rings. The molecule has 0 saturated carbocycles. The molecule has 0 amide bonds. The number of thioether (sulfide) groups is 1. The summed E-state index contributed by atoms with van der Waals surface area (Å²) in [4.78, 5) is 11.9. The predicted molar refractivity (Wildman–Crippen MR) is 108 cm³/mol. The van der Waals surface area contributed by atoms with Gasteiger partial charge in [0.25, 0.3) is 5.22 Å². The topological polar surface area (TPSA) is 89.4 Å². The van der Waals surface area contributed by atoms with Crippen molar-refractivity contribution in [2.75, 3.05) is 0 Å². The number of rotatable bonds is 5. The minimum absolute atomic E-state index is 0.118. The molecule has 142 valence electrons. The van der Waals surface area contributed by atoms with Gasteiger partial charge in [0.2, 0.25) is 5.89 Å². The van der Waals surface area contributed by atoms with Crippen molar-refractivity contribution in [3.63, 3.8) is 0 Å². The Morgan fingerprint density at radius 2 is 1.86 bits per heavy atom. The van der Waals surface area contributed by atoms with Crippen molar-refractivity contribution in [3.8, 4) is 17.2 Å². The van der Waals surface area contributed by atoms with E-state index in [-0.39, 0.29) is 5.75 Å². The SMILES string of the molecule is CCc1cc2c(CSc3nnc(-c4ccc(Cl)cc4)o3)cc(=O)oc2cc1O. The second-order valence-corrected chi connectivity index (χ2v) is 7.45. The van der Waals surface area contributed by atoms with Gasteiger partial charge < -0.3 is 13.9 Å². The number of phenols is 1. The molecule has 4 rings (SSSR count). The Morgan fingerprint density at radius 3 is 2.61 bits per heavy atom. The molecule has 0 atom stereocenters. The number of aromatic hydroxyl groups is 1. The van der Waals surface area contributed by atoms with Crippen LogP contribution in [0.1, 0.15) is 18.1 Å². The maximum absolute atomic E-state index is 11.9. The number of hydrogen-bond acceptors (Lipinski definition) is 7. The summed E-state index contributed by atoms with van der Waals surface area (Å²) in [6.07, 6.45) is 0.668. The molecule has 0 unspecified atom stereocenters. The Labute approximate surface area is 169 Å². The van der Waals surface area contributed by atoms with Crippen LogP contribution < -0.4 is 5.63 Å². The monoisotopic (exact) mass is 414 g/mol. The molecule has 0 bridgehead atoms. The number of hydrogen-bond donors (Lipinski definition) is 1. The normalized spacial score (nSPS) is 11.2. The Kier molecular flexibility index (Phi) is 5.11. The van der Waals surface area contributed by atoms with E-state index in [9.17, 15) is 9.90 Å². The molecule has 28 heavy (non-hydrogen) atoms. The van der Waals surface area contributed by atoms with Gasteiger partial charge >= 0.3 is 5.63 Å². The molecular formula is C20H15ClN2O4S. The molecule has 6 nitrogen and oxygen atoms in total. The van der Waals surface area contributed by atoms with Gasteiger partial charge in [-0.2, -0.15) is 0 Å². The lowest BCUT2D eigenvalue weighted by Crippen LogP contribution is -2.00. The Balaban J connectivity index is 1.61. The second kappa shape index (κ2) is 7.69. The van der Waals surface area contributed by atoms with E-state index in [0.717, 1.165) is 22.1 Å². The first-order valence-electron chi connectivity index (χ1n) is 8.54. The molecule has 0 saturated heterocycles. The Bertz CT molecular complexity index is 1200. The van der Waals surface area contributed by atoms with E-state index in [2.05, 4.69) is 10.2 Å². The number of benzene rings is 2. The number of phenolic OH excluding ortho intramolecular Hbond substituents is 1. The Hall–Kier alpha value is -2.77. The number of halogens is 1. The van der Waals surface area contributed by atoms with Crippen LogP contribution >= 0.6 is 23.4 Å². The van der Waals surface area contributed by atoms with Crippen LogP contribution in [0.15, 0.2) is 61.3 Å². The Morgan fingerprint density at radius 1 is 1.07 bits per heavy atom. The largest absolute Gasteiger partial charge is 0.508 e. The summed E-state index contributed by atoms with van der Waals surface area (Å²) in [5.41, 5.74) is 2.22. The zero-order chi connectivity index (χ0) is 19.7. The molecule has 0 aliphatic carbocycles. The van der Waals surface area contributed by atoms with E-state index in [0.29, 0.717) is 33.9 Å². The fraction of sp³-hybridized carbons (Fsp3) is 0.150. The van der Waals surface area contributed by atoms with Crippen molar-refractivity contribution in [1.82, 2.24) is 10.2 Å². The molecule has 0 fully saturated rings. The summed E-state index contributed by atoms with van der Waals surface area (Å²) in [5.74, 6) is 0.959. The van der Waals surface area contributed by atoms with Crippen LogP contribution in [0.4, 0.5) is 0 Å². The van der Waals surface area contributed by atoms with Crippen molar-refractivity contribution in [2.24, 2.45) is 0 Å². The third-order valence-corrected chi connectivity index (χ3v) is 5.38. The summed E-state index contributed by atoms with van der Waals surface area (Å²) in [5, 5.41) is 19.9. The van der Waals surface area contributed by atoms with Crippen molar-refractivity contribution in [3.05, 3.63) is 69.0 Å². The molecule has 0 aliphatic heterocycles. The molecule has 2 heterocycles. The predicted octanol–water partition coefficient (Wildman–Crippen LogP) is 5.06. The van der Waals surface area contributed by atoms with E-state index < -0.39 is 5.63 Å². The smallest absolute Gasteiger partial charge is 0.336 e. The van der Waals surface area contributed by atoms with Crippen molar-refractivity contribution in [2.45, 2.75) is 24.3 Å². The highest BCUT2D eigenvalue weighted by atomic mass is 35.5. The summed E-state index contributed by atoms with van der Waals surface area (Å²) < 4.78 is 10.9. The van der Waals surface area contributed by atoms with Crippen LogP contribution in [0.3, 0.4) is 0 Å². The van der Waals surface area contributed by atoms with E-state index >= 15 is 0 Å². The summed E-state index contributed by atoms with van der Waals surface area (Å²) in [6, 6.07) is 11.9. The van der Waals surface area contributed by atoms with Gasteiger partial charge in [0.05, 0.1) is 0 Å². The molecule has 4 aromatic rings. The van der Waals surface area contributed by atoms with E-state index in [1.165, 1.54) is 23.9 Å². The summed E-state index contributed by atoms with van der Waals surface area (Å²) in [6.45, 7) is 1.95. The van der Waals surface area contributed by atoms with Gasteiger partial charge in [-0.15, -0.1) is 10.2 Å². The molecular weight excluding hydrogens is 400 g/mol. The number of aromatic nitrogens is 2. The van der Waals surface area contributed by atoms with Gasteiger partial charge in [0.1, 0.15) is 11.3 Å². The minimum Gasteiger partial charge on any atom is -0.508 e. The van der Waals surface area contributed by atoms with Crippen LogP contribution in [0, 0.1) is 0 Å². The molecule has 0 spiro atoms. The van der Waals surface area contributed by atoms with Gasteiger partial charge in [-0.05, 0) is 47.9 Å². The minimum atomic E-state index is -0.473. The average Bonchev–Trinajstić information content (AvgIpc) is 3.15. The van der Waals surface area contributed by atoms with Crippen molar-refractivity contribution < 1.29 is 13.9 Å².